The average Bonchev–Trinajstić information content (AvgIpc) is 2.37. The predicted molar refractivity (Wildman–Crippen MR) is 77.4 cm³/mol. The van der Waals surface area contributed by atoms with Crippen LogP contribution in [0.5, 0.6) is 0 Å². The molecule has 1 heterocycles. The fourth-order valence-electron chi connectivity index (χ4n) is 1.85. The van der Waals surface area contributed by atoms with E-state index in [1.165, 1.54) is 0 Å². The summed E-state index contributed by atoms with van der Waals surface area (Å²) in [5.41, 5.74) is 8.52. The Morgan fingerprint density at radius 2 is 2.28 bits per heavy atom. The SMILES string of the molecule is CN(CCC#N)c1ccc(N)c2cc(Br)cnc12. The van der Waals surface area contributed by atoms with Crippen LogP contribution in [0.2, 0.25) is 0 Å². The molecular weight excluding hydrogens is 292 g/mol. The first-order valence-electron chi connectivity index (χ1n) is 5.55. The van der Waals surface area contributed by atoms with Gasteiger partial charge in [-0.25, -0.2) is 0 Å². The highest BCUT2D eigenvalue weighted by Gasteiger charge is 2.09. The molecule has 0 unspecified atom stereocenters. The first kappa shape index (κ1) is 12.7. The van der Waals surface area contributed by atoms with E-state index in [0.717, 1.165) is 21.1 Å². The maximum Gasteiger partial charge on any atom is 0.0956 e. The molecule has 0 spiro atoms. The van der Waals surface area contributed by atoms with Gasteiger partial charge in [0.15, 0.2) is 0 Å². The lowest BCUT2D eigenvalue weighted by Gasteiger charge is -2.19. The van der Waals surface area contributed by atoms with Gasteiger partial charge < -0.3 is 10.6 Å². The summed E-state index contributed by atoms with van der Waals surface area (Å²) in [4.78, 5) is 6.44. The highest BCUT2D eigenvalue weighted by Crippen LogP contribution is 2.30. The Labute approximate surface area is 114 Å². The van der Waals surface area contributed by atoms with Gasteiger partial charge in [0.25, 0.3) is 0 Å². The molecule has 0 saturated heterocycles. The summed E-state index contributed by atoms with van der Waals surface area (Å²) >= 11 is 3.40. The zero-order valence-corrected chi connectivity index (χ0v) is 11.6. The van der Waals surface area contributed by atoms with Gasteiger partial charge in [-0.05, 0) is 34.1 Å². The van der Waals surface area contributed by atoms with Crippen molar-refractivity contribution in [2.45, 2.75) is 6.42 Å². The summed E-state index contributed by atoms with van der Waals surface area (Å²) in [7, 11) is 1.95. The van der Waals surface area contributed by atoms with Crippen LogP contribution in [0.1, 0.15) is 6.42 Å². The molecule has 1 aromatic carbocycles. The Hall–Kier alpha value is -1.80. The molecule has 0 fully saturated rings. The summed E-state index contributed by atoms with van der Waals surface area (Å²) in [6.45, 7) is 0.674. The van der Waals surface area contributed by atoms with E-state index in [-0.39, 0.29) is 0 Å². The minimum Gasteiger partial charge on any atom is -0.398 e. The molecule has 0 aliphatic rings. The molecule has 0 aliphatic heterocycles. The van der Waals surface area contributed by atoms with Gasteiger partial charge in [-0.3, -0.25) is 4.98 Å². The number of nitrogens with two attached hydrogens (primary N) is 1. The first-order valence-corrected chi connectivity index (χ1v) is 6.34. The number of nitrogens with zero attached hydrogens (tertiary/aromatic N) is 3. The Bertz CT molecular complexity index is 618. The summed E-state index contributed by atoms with van der Waals surface area (Å²) in [6, 6.07) is 7.91. The number of fused-ring (bicyclic) bond motifs is 1. The van der Waals surface area contributed by atoms with Gasteiger partial charge in [0.1, 0.15) is 0 Å². The van der Waals surface area contributed by atoms with Crippen LogP contribution in [0.25, 0.3) is 10.9 Å². The lowest BCUT2D eigenvalue weighted by Crippen LogP contribution is -2.18. The van der Waals surface area contributed by atoms with Crippen molar-refractivity contribution < 1.29 is 0 Å². The Morgan fingerprint density at radius 3 is 3.00 bits per heavy atom. The molecule has 0 atom stereocenters. The van der Waals surface area contributed by atoms with E-state index in [1.54, 1.807) is 6.20 Å². The van der Waals surface area contributed by atoms with Crippen molar-refractivity contribution in [2.75, 3.05) is 24.2 Å². The van der Waals surface area contributed by atoms with Crippen LogP contribution in [0, 0.1) is 11.3 Å². The number of nitrogen functional groups attached to an aromatic ring is 1. The van der Waals surface area contributed by atoms with Crippen LogP contribution < -0.4 is 10.6 Å². The second-order valence-corrected chi connectivity index (χ2v) is 4.97. The van der Waals surface area contributed by atoms with Crippen LogP contribution in [-0.2, 0) is 0 Å². The number of hydrogen-bond donors (Lipinski definition) is 1. The van der Waals surface area contributed by atoms with Gasteiger partial charge in [0.05, 0.1) is 23.7 Å². The lowest BCUT2D eigenvalue weighted by atomic mass is 10.1. The van der Waals surface area contributed by atoms with Gasteiger partial charge in [-0.15, -0.1) is 0 Å². The zero-order chi connectivity index (χ0) is 13.1. The quantitative estimate of drug-likeness (QED) is 0.885. The molecule has 2 aromatic rings. The van der Waals surface area contributed by atoms with E-state index in [4.69, 9.17) is 11.0 Å². The largest absolute Gasteiger partial charge is 0.398 e. The number of hydrogen-bond acceptors (Lipinski definition) is 4. The summed E-state index contributed by atoms with van der Waals surface area (Å²) < 4.78 is 0.901. The van der Waals surface area contributed by atoms with Crippen molar-refractivity contribution in [3.8, 4) is 6.07 Å². The monoisotopic (exact) mass is 304 g/mol. The molecule has 0 aliphatic carbocycles. The molecule has 0 amide bonds. The van der Waals surface area contributed by atoms with E-state index in [1.807, 2.05) is 30.1 Å². The maximum absolute atomic E-state index is 8.64. The third-order valence-electron chi connectivity index (χ3n) is 2.80. The van der Waals surface area contributed by atoms with Crippen LogP contribution in [-0.4, -0.2) is 18.6 Å². The minimum absolute atomic E-state index is 0.485. The molecule has 2 N–H and O–H groups in total. The van der Waals surface area contributed by atoms with Crippen molar-refractivity contribution in [3.05, 3.63) is 28.9 Å². The summed E-state index contributed by atoms with van der Waals surface area (Å²) in [5, 5.41) is 9.56. The molecule has 18 heavy (non-hydrogen) atoms. The Morgan fingerprint density at radius 1 is 1.50 bits per heavy atom. The molecule has 1 aromatic heterocycles. The Balaban J connectivity index is 2.52. The van der Waals surface area contributed by atoms with Crippen molar-refractivity contribution in [1.29, 1.82) is 5.26 Å². The third kappa shape index (κ3) is 2.39. The number of rotatable bonds is 3. The molecule has 4 nitrogen and oxygen atoms in total. The van der Waals surface area contributed by atoms with E-state index in [2.05, 4.69) is 27.0 Å². The predicted octanol–water partition coefficient (Wildman–Crippen LogP) is 2.93. The van der Waals surface area contributed by atoms with Crippen molar-refractivity contribution >= 4 is 38.2 Å². The normalized spacial score (nSPS) is 10.3. The smallest absolute Gasteiger partial charge is 0.0956 e. The molecule has 92 valence electrons. The number of nitriles is 1. The number of halogens is 1. The lowest BCUT2D eigenvalue weighted by molar-refractivity contribution is 0.908. The average molecular weight is 305 g/mol. The van der Waals surface area contributed by atoms with Crippen LogP contribution in [0.15, 0.2) is 28.9 Å². The summed E-state index contributed by atoms with van der Waals surface area (Å²) in [6.07, 6.45) is 2.24. The van der Waals surface area contributed by atoms with Gasteiger partial charge in [-0.1, -0.05) is 0 Å². The van der Waals surface area contributed by atoms with Gasteiger partial charge in [0.2, 0.25) is 0 Å². The van der Waals surface area contributed by atoms with E-state index >= 15 is 0 Å². The zero-order valence-electron chi connectivity index (χ0n) is 10.0. The topological polar surface area (TPSA) is 65.9 Å². The second kappa shape index (κ2) is 5.23. The van der Waals surface area contributed by atoms with Crippen LogP contribution in [0.3, 0.4) is 0 Å². The standard InChI is InChI=1S/C13H13BrN4/c1-18(6-2-5-15)12-4-3-11(16)10-7-9(14)8-17-13(10)12/h3-4,7-8H,2,6,16H2,1H3. The minimum atomic E-state index is 0.485. The molecule has 0 saturated carbocycles. The van der Waals surface area contributed by atoms with Crippen LogP contribution >= 0.6 is 15.9 Å². The first-order chi connectivity index (χ1) is 8.63. The summed E-state index contributed by atoms with van der Waals surface area (Å²) in [5.74, 6) is 0. The fraction of sp³-hybridized carbons (Fsp3) is 0.231. The van der Waals surface area contributed by atoms with Crippen molar-refractivity contribution in [1.82, 2.24) is 4.98 Å². The van der Waals surface area contributed by atoms with Gasteiger partial charge in [0, 0.05) is 35.3 Å². The number of benzene rings is 1. The Kier molecular flexibility index (Phi) is 3.68. The fourth-order valence-corrected chi connectivity index (χ4v) is 2.18. The molecular formula is C13H13BrN4. The molecule has 5 heteroatoms. The highest BCUT2D eigenvalue weighted by atomic mass is 79.9. The third-order valence-corrected chi connectivity index (χ3v) is 3.23. The van der Waals surface area contributed by atoms with Gasteiger partial charge >= 0.3 is 0 Å². The molecule has 0 radical (unpaired) electrons. The van der Waals surface area contributed by atoms with E-state index < -0.39 is 0 Å². The maximum atomic E-state index is 8.64. The molecule has 2 rings (SSSR count). The number of anilines is 2. The number of aromatic nitrogens is 1. The van der Waals surface area contributed by atoms with Crippen molar-refractivity contribution in [2.24, 2.45) is 0 Å². The molecule has 0 bridgehead atoms. The van der Waals surface area contributed by atoms with Gasteiger partial charge in [-0.2, -0.15) is 5.26 Å². The second-order valence-electron chi connectivity index (χ2n) is 4.05. The number of pyridine rings is 1. The van der Waals surface area contributed by atoms with Crippen LogP contribution in [0.4, 0.5) is 11.4 Å². The van der Waals surface area contributed by atoms with E-state index in [0.29, 0.717) is 18.7 Å². The van der Waals surface area contributed by atoms with Crippen molar-refractivity contribution in [3.63, 3.8) is 0 Å². The van der Waals surface area contributed by atoms with E-state index in [9.17, 15) is 0 Å². The highest BCUT2D eigenvalue weighted by molar-refractivity contribution is 9.10.